The van der Waals surface area contributed by atoms with Gasteiger partial charge in [-0.2, -0.15) is 0 Å². The van der Waals surface area contributed by atoms with Gasteiger partial charge in [-0.3, -0.25) is 4.68 Å². The summed E-state index contributed by atoms with van der Waals surface area (Å²) in [6, 6.07) is 6.01. The van der Waals surface area contributed by atoms with E-state index in [0.717, 1.165) is 24.4 Å². The van der Waals surface area contributed by atoms with Crippen LogP contribution in [0.4, 0.5) is 0 Å². The van der Waals surface area contributed by atoms with Crippen molar-refractivity contribution in [2.75, 3.05) is 19.7 Å². The van der Waals surface area contributed by atoms with Gasteiger partial charge in [-0.15, -0.1) is 5.10 Å². The van der Waals surface area contributed by atoms with E-state index in [1.54, 1.807) is 17.1 Å². The normalized spacial score (nSPS) is 12.3. The fourth-order valence-corrected chi connectivity index (χ4v) is 2.02. The highest BCUT2D eigenvalue weighted by atomic mass is 16.5. The minimum absolute atomic E-state index is 0.278. The Morgan fingerprint density at radius 1 is 1.38 bits per heavy atom. The van der Waals surface area contributed by atoms with Crippen LogP contribution in [0.1, 0.15) is 11.1 Å². The van der Waals surface area contributed by atoms with Crippen LogP contribution in [0.15, 0.2) is 30.6 Å². The number of ether oxygens (including phenoxy) is 1. The molecule has 0 bridgehead atoms. The molecule has 1 atom stereocenters. The molecule has 0 aliphatic carbocycles. The summed E-state index contributed by atoms with van der Waals surface area (Å²) in [5, 5.41) is 20.7. The molecule has 0 fully saturated rings. The summed E-state index contributed by atoms with van der Waals surface area (Å²) in [6.07, 6.45) is 2.91. The molecule has 0 saturated carbocycles. The number of aliphatic hydroxyl groups excluding tert-OH is 1. The molecule has 114 valence electrons. The summed E-state index contributed by atoms with van der Waals surface area (Å²) in [7, 11) is 0. The van der Waals surface area contributed by atoms with E-state index in [9.17, 15) is 5.11 Å². The Bertz CT molecular complexity index is 543. The van der Waals surface area contributed by atoms with Gasteiger partial charge in [0.15, 0.2) is 0 Å². The Hall–Kier alpha value is -1.92. The lowest BCUT2D eigenvalue weighted by Gasteiger charge is -2.14. The zero-order valence-corrected chi connectivity index (χ0v) is 12.5. The van der Waals surface area contributed by atoms with E-state index in [-0.39, 0.29) is 6.61 Å². The number of rotatable bonds is 8. The number of aromatic nitrogens is 3. The molecule has 1 aromatic carbocycles. The second-order valence-electron chi connectivity index (χ2n) is 5.10. The first kappa shape index (κ1) is 15.5. The smallest absolute Gasteiger partial charge is 0.122 e. The molecule has 1 aromatic heterocycles. The summed E-state index contributed by atoms with van der Waals surface area (Å²) in [5.41, 5.74) is 2.29. The van der Waals surface area contributed by atoms with E-state index < -0.39 is 6.10 Å². The van der Waals surface area contributed by atoms with E-state index in [1.807, 2.05) is 26.0 Å². The first-order valence-corrected chi connectivity index (χ1v) is 7.08. The number of hydrogen-bond acceptors (Lipinski definition) is 5. The van der Waals surface area contributed by atoms with Crippen LogP contribution in [0, 0.1) is 13.8 Å². The molecule has 2 rings (SSSR count). The largest absolute Gasteiger partial charge is 0.491 e. The van der Waals surface area contributed by atoms with Crippen molar-refractivity contribution >= 4 is 0 Å². The quantitative estimate of drug-likeness (QED) is 0.708. The van der Waals surface area contributed by atoms with Gasteiger partial charge in [0.1, 0.15) is 18.5 Å². The van der Waals surface area contributed by atoms with Crippen LogP contribution < -0.4 is 10.1 Å². The highest BCUT2D eigenvalue weighted by Crippen LogP contribution is 2.18. The Kier molecular flexibility index (Phi) is 5.71. The highest BCUT2D eigenvalue weighted by Gasteiger charge is 2.06. The maximum atomic E-state index is 9.89. The number of benzene rings is 1. The summed E-state index contributed by atoms with van der Waals surface area (Å²) >= 11 is 0. The average molecular weight is 290 g/mol. The highest BCUT2D eigenvalue weighted by molar-refractivity contribution is 5.35. The minimum atomic E-state index is -0.540. The second-order valence-corrected chi connectivity index (χ2v) is 5.10. The molecule has 1 heterocycles. The SMILES string of the molecule is Cc1ccc(OCC(O)CNCCn2ccnn2)c(C)c1. The fourth-order valence-electron chi connectivity index (χ4n) is 2.02. The third kappa shape index (κ3) is 5.17. The van der Waals surface area contributed by atoms with Crippen molar-refractivity contribution in [2.24, 2.45) is 0 Å². The molecule has 0 radical (unpaired) electrons. The van der Waals surface area contributed by atoms with Crippen LogP contribution in [0.3, 0.4) is 0 Å². The Balaban J connectivity index is 1.64. The number of nitrogens with zero attached hydrogens (tertiary/aromatic N) is 3. The van der Waals surface area contributed by atoms with Gasteiger partial charge in [0.05, 0.1) is 12.7 Å². The summed E-state index contributed by atoms with van der Waals surface area (Å²) in [5.74, 6) is 0.822. The molecule has 0 amide bonds. The monoisotopic (exact) mass is 290 g/mol. The number of hydrogen-bond donors (Lipinski definition) is 2. The zero-order chi connectivity index (χ0) is 15.1. The molecule has 6 heteroatoms. The van der Waals surface area contributed by atoms with Gasteiger partial charge in [-0.1, -0.05) is 22.9 Å². The number of aryl methyl sites for hydroxylation is 2. The molecule has 1 unspecified atom stereocenters. The zero-order valence-electron chi connectivity index (χ0n) is 12.5. The first-order chi connectivity index (χ1) is 10.1. The van der Waals surface area contributed by atoms with E-state index >= 15 is 0 Å². The van der Waals surface area contributed by atoms with Crippen molar-refractivity contribution in [3.63, 3.8) is 0 Å². The van der Waals surface area contributed by atoms with E-state index in [2.05, 4.69) is 21.7 Å². The van der Waals surface area contributed by atoms with Crippen molar-refractivity contribution in [1.29, 1.82) is 0 Å². The molecule has 6 nitrogen and oxygen atoms in total. The van der Waals surface area contributed by atoms with Crippen LogP contribution in [-0.4, -0.2) is 45.9 Å². The van der Waals surface area contributed by atoms with Crippen LogP contribution in [0.2, 0.25) is 0 Å². The van der Waals surface area contributed by atoms with Crippen LogP contribution in [-0.2, 0) is 6.54 Å². The van der Waals surface area contributed by atoms with Crippen molar-refractivity contribution in [3.8, 4) is 5.75 Å². The van der Waals surface area contributed by atoms with Crippen LogP contribution >= 0.6 is 0 Å². The van der Waals surface area contributed by atoms with Crippen LogP contribution in [0.5, 0.6) is 5.75 Å². The molecule has 0 aliphatic heterocycles. The Morgan fingerprint density at radius 3 is 2.95 bits per heavy atom. The lowest BCUT2D eigenvalue weighted by Crippen LogP contribution is -2.33. The van der Waals surface area contributed by atoms with Crippen molar-refractivity contribution in [3.05, 3.63) is 41.7 Å². The van der Waals surface area contributed by atoms with Crippen molar-refractivity contribution in [1.82, 2.24) is 20.3 Å². The van der Waals surface area contributed by atoms with Gasteiger partial charge < -0.3 is 15.2 Å². The van der Waals surface area contributed by atoms with Gasteiger partial charge in [-0.25, -0.2) is 0 Å². The number of aliphatic hydroxyl groups is 1. The summed E-state index contributed by atoms with van der Waals surface area (Å²) < 4.78 is 7.38. The van der Waals surface area contributed by atoms with Gasteiger partial charge >= 0.3 is 0 Å². The third-order valence-corrected chi connectivity index (χ3v) is 3.13. The molecule has 2 aromatic rings. The van der Waals surface area contributed by atoms with Crippen molar-refractivity contribution in [2.45, 2.75) is 26.5 Å². The first-order valence-electron chi connectivity index (χ1n) is 7.08. The van der Waals surface area contributed by atoms with E-state index in [4.69, 9.17) is 4.74 Å². The van der Waals surface area contributed by atoms with Crippen molar-refractivity contribution < 1.29 is 9.84 Å². The maximum Gasteiger partial charge on any atom is 0.122 e. The predicted octanol–water partition coefficient (Wildman–Crippen LogP) is 0.924. The lowest BCUT2D eigenvalue weighted by molar-refractivity contribution is 0.106. The molecule has 2 N–H and O–H groups in total. The van der Waals surface area contributed by atoms with Gasteiger partial charge in [0.25, 0.3) is 0 Å². The molecule has 0 saturated heterocycles. The maximum absolute atomic E-state index is 9.89. The topological polar surface area (TPSA) is 72.2 Å². The standard InChI is InChI=1S/C15H22N4O2/c1-12-3-4-15(13(2)9-12)21-11-14(20)10-16-5-7-19-8-6-17-18-19/h3-4,6,8-9,14,16,20H,5,7,10-11H2,1-2H3. The minimum Gasteiger partial charge on any atom is -0.491 e. The fraction of sp³-hybridized carbons (Fsp3) is 0.467. The average Bonchev–Trinajstić information content (AvgIpc) is 2.96. The number of nitrogens with one attached hydrogen (secondary N) is 1. The second kappa shape index (κ2) is 7.75. The Morgan fingerprint density at radius 2 is 2.24 bits per heavy atom. The Labute approximate surface area is 124 Å². The van der Waals surface area contributed by atoms with E-state index in [1.165, 1.54) is 5.56 Å². The molecule has 0 aliphatic rings. The molecular formula is C15H22N4O2. The summed E-state index contributed by atoms with van der Waals surface area (Å²) in [6.45, 7) is 6.27. The van der Waals surface area contributed by atoms with Gasteiger partial charge in [-0.05, 0) is 25.5 Å². The van der Waals surface area contributed by atoms with Crippen LogP contribution in [0.25, 0.3) is 0 Å². The summed E-state index contributed by atoms with van der Waals surface area (Å²) in [4.78, 5) is 0. The molecule has 21 heavy (non-hydrogen) atoms. The van der Waals surface area contributed by atoms with Gasteiger partial charge in [0.2, 0.25) is 0 Å². The lowest BCUT2D eigenvalue weighted by atomic mass is 10.1. The third-order valence-electron chi connectivity index (χ3n) is 3.13. The predicted molar refractivity (Wildman–Crippen MR) is 80.3 cm³/mol. The molecular weight excluding hydrogens is 268 g/mol. The van der Waals surface area contributed by atoms with Gasteiger partial charge in [0, 0.05) is 19.3 Å². The van der Waals surface area contributed by atoms with E-state index in [0.29, 0.717) is 6.54 Å². The molecule has 0 spiro atoms.